The highest BCUT2D eigenvalue weighted by Crippen LogP contribution is 2.23. The molecule has 0 saturated heterocycles. The number of ether oxygens (including phenoxy) is 1. The topological polar surface area (TPSA) is 90.1 Å². The quantitative estimate of drug-likeness (QED) is 0.332. The van der Waals surface area contributed by atoms with Crippen LogP contribution in [0.25, 0.3) is 22.5 Å². The monoisotopic (exact) mass is 462 g/mol. The molecule has 5 rings (SSSR count). The first kappa shape index (κ1) is 22.0. The fraction of sp³-hybridized carbons (Fsp3) is 0.0714. The second kappa shape index (κ2) is 10.4. The molecule has 0 radical (unpaired) electrons. The number of nitrogens with one attached hydrogen (secondary N) is 1. The van der Waals surface area contributed by atoms with Gasteiger partial charge in [-0.05, 0) is 47.0 Å². The summed E-state index contributed by atoms with van der Waals surface area (Å²) >= 11 is 0. The molecule has 2 aromatic heterocycles. The van der Waals surface area contributed by atoms with Gasteiger partial charge in [0.1, 0.15) is 5.75 Å². The third kappa shape index (κ3) is 5.59. The Balaban J connectivity index is 1.19. The number of anilines is 1. The minimum Gasteiger partial charge on any atom is -0.484 e. The Kier molecular flexibility index (Phi) is 6.57. The number of aromatic nitrogens is 3. The smallest absolute Gasteiger partial charge is 0.262 e. The molecule has 0 fully saturated rings. The molecule has 0 aliphatic rings. The van der Waals surface area contributed by atoms with Crippen molar-refractivity contribution >= 4 is 11.6 Å². The zero-order valence-corrected chi connectivity index (χ0v) is 18.8. The maximum Gasteiger partial charge on any atom is 0.262 e. The molecule has 5 aromatic rings. The number of carbonyl (C=O) groups is 1. The van der Waals surface area contributed by atoms with Crippen molar-refractivity contribution in [3.8, 4) is 28.3 Å². The number of amides is 1. The van der Waals surface area contributed by atoms with Crippen molar-refractivity contribution < 1.29 is 14.1 Å². The Morgan fingerprint density at radius 3 is 2.37 bits per heavy atom. The van der Waals surface area contributed by atoms with Gasteiger partial charge >= 0.3 is 0 Å². The summed E-state index contributed by atoms with van der Waals surface area (Å²) in [6.45, 7) is -0.106. The van der Waals surface area contributed by atoms with Gasteiger partial charge in [-0.2, -0.15) is 4.98 Å². The maximum atomic E-state index is 12.6. The van der Waals surface area contributed by atoms with E-state index in [2.05, 4.69) is 32.6 Å². The van der Waals surface area contributed by atoms with E-state index in [0.29, 0.717) is 29.6 Å². The van der Waals surface area contributed by atoms with Gasteiger partial charge in [0, 0.05) is 23.6 Å². The van der Waals surface area contributed by atoms with Crippen LogP contribution in [0.1, 0.15) is 11.5 Å². The summed E-state index contributed by atoms with van der Waals surface area (Å²) < 4.78 is 11.1. The Bertz CT molecular complexity index is 1400. The minimum absolute atomic E-state index is 0.106. The van der Waals surface area contributed by atoms with E-state index >= 15 is 0 Å². The Labute approximate surface area is 202 Å². The molecule has 172 valence electrons. The van der Waals surface area contributed by atoms with Gasteiger partial charge in [0.15, 0.2) is 6.61 Å². The van der Waals surface area contributed by atoms with Crippen molar-refractivity contribution in [2.24, 2.45) is 0 Å². The molecular weight excluding hydrogens is 440 g/mol. The lowest BCUT2D eigenvalue weighted by molar-refractivity contribution is -0.118. The molecule has 7 heteroatoms. The average Bonchev–Trinajstić information content (AvgIpc) is 3.39. The largest absolute Gasteiger partial charge is 0.484 e. The van der Waals surface area contributed by atoms with Gasteiger partial charge < -0.3 is 14.6 Å². The van der Waals surface area contributed by atoms with Gasteiger partial charge in [0.05, 0.1) is 6.42 Å². The molecule has 2 heterocycles. The molecule has 0 aliphatic heterocycles. The van der Waals surface area contributed by atoms with E-state index in [-0.39, 0.29) is 12.5 Å². The summed E-state index contributed by atoms with van der Waals surface area (Å²) in [5, 5.41) is 6.94. The number of pyridine rings is 1. The zero-order chi connectivity index (χ0) is 23.9. The van der Waals surface area contributed by atoms with Gasteiger partial charge in [-0.25, -0.2) is 0 Å². The van der Waals surface area contributed by atoms with E-state index in [1.807, 2.05) is 78.9 Å². The standard InChI is InChI=1S/C28H22N4O3/c33-26(19-34-24-14-12-21(13-15-24)20-7-2-1-3-8-20)30-25-11-5-4-9-22(25)17-27-31-28(32-35-27)23-10-6-16-29-18-23/h1-16,18H,17,19H2,(H,30,33). The van der Waals surface area contributed by atoms with Gasteiger partial charge in [-0.1, -0.05) is 65.8 Å². The highest BCUT2D eigenvalue weighted by atomic mass is 16.5. The summed E-state index contributed by atoms with van der Waals surface area (Å²) in [6.07, 6.45) is 3.75. The van der Waals surface area contributed by atoms with Gasteiger partial charge in [-0.15, -0.1) is 0 Å². The van der Waals surface area contributed by atoms with Crippen LogP contribution in [-0.2, 0) is 11.2 Å². The molecule has 7 nitrogen and oxygen atoms in total. The van der Waals surface area contributed by atoms with E-state index in [1.54, 1.807) is 12.4 Å². The average molecular weight is 463 g/mol. The molecule has 3 aromatic carbocycles. The molecule has 0 atom stereocenters. The molecule has 0 spiro atoms. The molecular formula is C28H22N4O3. The molecule has 0 saturated carbocycles. The zero-order valence-electron chi connectivity index (χ0n) is 18.8. The van der Waals surface area contributed by atoms with Crippen molar-refractivity contribution in [2.75, 3.05) is 11.9 Å². The van der Waals surface area contributed by atoms with E-state index in [0.717, 1.165) is 22.3 Å². The van der Waals surface area contributed by atoms with E-state index < -0.39 is 0 Å². The third-order valence-corrected chi connectivity index (χ3v) is 5.35. The van der Waals surface area contributed by atoms with Crippen molar-refractivity contribution in [3.05, 3.63) is 115 Å². The van der Waals surface area contributed by atoms with Gasteiger partial charge in [-0.3, -0.25) is 9.78 Å². The second-order valence-electron chi connectivity index (χ2n) is 7.81. The number of rotatable bonds is 8. The maximum absolute atomic E-state index is 12.6. The fourth-order valence-electron chi connectivity index (χ4n) is 3.61. The summed E-state index contributed by atoms with van der Waals surface area (Å²) in [5.74, 6) is 1.29. The van der Waals surface area contributed by atoms with E-state index in [9.17, 15) is 4.79 Å². The number of nitrogens with zero attached hydrogens (tertiary/aromatic N) is 3. The molecule has 35 heavy (non-hydrogen) atoms. The van der Waals surface area contributed by atoms with Gasteiger partial charge in [0.25, 0.3) is 5.91 Å². The van der Waals surface area contributed by atoms with Crippen LogP contribution in [0.15, 0.2) is 108 Å². The van der Waals surface area contributed by atoms with Gasteiger partial charge in [0.2, 0.25) is 11.7 Å². The van der Waals surface area contributed by atoms with Crippen LogP contribution in [0.4, 0.5) is 5.69 Å². The van der Waals surface area contributed by atoms with E-state index in [4.69, 9.17) is 9.26 Å². The number of benzene rings is 3. The van der Waals surface area contributed by atoms with Crippen molar-refractivity contribution in [1.82, 2.24) is 15.1 Å². The highest BCUT2D eigenvalue weighted by Gasteiger charge is 2.13. The predicted octanol–water partition coefficient (Wildman–Crippen LogP) is 5.41. The molecule has 0 bridgehead atoms. The Morgan fingerprint density at radius 2 is 1.57 bits per heavy atom. The predicted molar refractivity (Wildman–Crippen MR) is 133 cm³/mol. The minimum atomic E-state index is -0.258. The first-order chi connectivity index (χ1) is 17.2. The van der Waals surface area contributed by atoms with Crippen molar-refractivity contribution in [2.45, 2.75) is 6.42 Å². The normalized spacial score (nSPS) is 10.6. The van der Waals surface area contributed by atoms with E-state index in [1.165, 1.54) is 0 Å². The van der Waals surface area contributed by atoms with Crippen LogP contribution in [0.3, 0.4) is 0 Å². The second-order valence-corrected chi connectivity index (χ2v) is 7.81. The molecule has 1 amide bonds. The van der Waals surface area contributed by atoms with Crippen LogP contribution < -0.4 is 10.1 Å². The van der Waals surface area contributed by atoms with Crippen molar-refractivity contribution in [3.63, 3.8) is 0 Å². The first-order valence-corrected chi connectivity index (χ1v) is 11.1. The lowest BCUT2D eigenvalue weighted by atomic mass is 10.1. The van der Waals surface area contributed by atoms with Crippen molar-refractivity contribution in [1.29, 1.82) is 0 Å². The lowest BCUT2D eigenvalue weighted by Gasteiger charge is -2.11. The fourth-order valence-corrected chi connectivity index (χ4v) is 3.61. The summed E-state index contributed by atoms with van der Waals surface area (Å²) in [5.41, 5.74) is 4.51. The lowest BCUT2D eigenvalue weighted by Crippen LogP contribution is -2.21. The number of para-hydroxylation sites is 1. The molecule has 0 unspecified atom stereocenters. The summed E-state index contributed by atoms with van der Waals surface area (Å²) in [7, 11) is 0. The highest BCUT2D eigenvalue weighted by molar-refractivity contribution is 5.92. The van der Waals surface area contributed by atoms with Crippen LogP contribution >= 0.6 is 0 Å². The van der Waals surface area contributed by atoms with Crippen LogP contribution in [0.2, 0.25) is 0 Å². The molecule has 1 N–H and O–H groups in total. The first-order valence-electron chi connectivity index (χ1n) is 11.1. The Hall–Kier alpha value is -4.78. The number of hydrogen-bond acceptors (Lipinski definition) is 6. The van der Waals surface area contributed by atoms with Crippen LogP contribution in [0.5, 0.6) is 5.75 Å². The number of carbonyl (C=O) groups excluding carboxylic acids is 1. The SMILES string of the molecule is O=C(COc1ccc(-c2ccccc2)cc1)Nc1ccccc1Cc1nc(-c2cccnc2)no1. The molecule has 0 aliphatic carbocycles. The Morgan fingerprint density at radius 1 is 0.829 bits per heavy atom. The van der Waals surface area contributed by atoms with Crippen LogP contribution in [-0.4, -0.2) is 27.6 Å². The summed E-state index contributed by atoms with van der Waals surface area (Å²) in [4.78, 5) is 21.1. The number of hydrogen-bond donors (Lipinski definition) is 1. The summed E-state index contributed by atoms with van der Waals surface area (Å²) in [6, 6.07) is 28.9. The third-order valence-electron chi connectivity index (χ3n) is 5.35. The van der Waals surface area contributed by atoms with Crippen LogP contribution in [0, 0.1) is 0 Å².